The van der Waals surface area contributed by atoms with Crippen LogP contribution in [0, 0.1) is 0 Å². The van der Waals surface area contributed by atoms with E-state index in [1.54, 1.807) is 23.1 Å². The normalized spacial score (nSPS) is 10.4. The van der Waals surface area contributed by atoms with Crippen LogP contribution in [0.4, 0.5) is 0 Å². The Bertz CT molecular complexity index is 355. The lowest BCUT2D eigenvalue weighted by molar-refractivity contribution is 0.469. The van der Waals surface area contributed by atoms with Gasteiger partial charge in [-0.1, -0.05) is 0 Å². The van der Waals surface area contributed by atoms with Crippen LogP contribution in [0.5, 0.6) is 5.75 Å². The van der Waals surface area contributed by atoms with Crippen molar-refractivity contribution in [3.63, 3.8) is 0 Å². The zero-order valence-electron chi connectivity index (χ0n) is 5.10. The monoisotopic (exact) mass is 135 g/mol. The molecule has 0 aromatic carbocycles. The average molecular weight is 135 g/mol. The number of hydrogen-bond acceptors (Lipinski definition) is 3. The van der Waals surface area contributed by atoms with Crippen molar-refractivity contribution in [2.75, 3.05) is 0 Å². The highest BCUT2D eigenvalue weighted by Crippen LogP contribution is 2.05. The van der Waals surface area contributed by atoms with Gasteiger partial charge in [-0.25, -0.2) is 9.97 Å². The van der Waals surface area contributed by atoms with Crippen molar-refractivity contribution in [1.29, 1.82) is 0 Å². The van der Waals surface area contributed by atoms with Crippen molar-refractivity contribution >= 4 is 5.65 Å². The van der Waals surface area contributed by atoms with Gasteiger partial charge in [0.25, 0.3) is 0 Å². The average Bonchev–Trinajstić information content (AvgIpc) is 2.33. The van der Waals surface area contributed by atoms with Crippen molar-refractivity contribution < 1.29 is 5.11 Å². The third kappa shape index (κ3) is 0.621. The minimum absolute atomic E-state index is 0.144. The molecule has 0 radical (unpaired) electrons. The molecular formula is C6H5N3O. The molecule has 50 valence electrons. The summed E-state index contributed by atoms with van der Waals surface area (Å²) in [6.07, 6.45) is 6.15. The molecule has 2 aromatic heterocycles. The first kappa shape index (κ1) is 5.22. The van der Waals surface area contributed by atoms with E-state index < -0.39 is 0 Å². The van der Waals surface area contributed by atoms with Crippen LogP contribution in [0.15, 0.2) is 24.9 Å². The highest BCUT2D eigenvalue weighted by atomic mass is 16.3. The van der Waals surface area contributed by atoms with Gasteiger partial charge < -0.3 is 5.11 Å². The van der Waals surface area contributed by atoms with Crippen LogP contribution >= 0.6 is 0 Å². The fraction of sp³-hybridized carbons (Fsp3) is 0. The molecular weight excluding hydrogens is 130 g/mol. The highest BCUT2D eigenvalue weighted by molar-refractivity contribution is 5.36. The molecule has 0 bridgehead atoms. The first-order valence-electron chi connectivity index (χ1n) is 2.83. The van der Waals surface area contributed by atoms with Crippen molar-refractivity contribution in [3.05, 3.63) is 24.9 Å². The van der Waals surface area contributed by atoms with Gasteiger partial charge in [0.1, 0.15) is 6.33 Å². The van der Waals surface area contributed by atoms with E-state index in [-0.39, 0.29) is 5.75 Å². The Morgan fingerprint density at radius 2 is 2.30 bits per heavy atom. The van der Waals surface area contributed by atoms with Gasteiger partial charge >= 0.3 is 0 Å². The molecule has 0 atom stereocenters. The second-order valence-electron chi connectivity index (χ2n) is 1.97. The lowest BCUT2D eigenvalue weighted by atomic mass is 10.6. The summed E-state index contributed by atoms with van der Waals surface area (Å²) in [7, 11) is 0. The van der Waals surface area contributed by atoms with Crippen LogP contribution in [0.2, 0.25) is 0 Å². The first-order chi connectivity index (χ1) is 4.86. The van der Waals surface area contributed by atoms with Crippen LogP contribution in [-0.4, -0.2) is 19.5 Å². The maximum atomic E-state index is 8.94. The van der Waals surface area contributed by atoms with E-state index in [4.69, 9.17) is 5.11 Å². The van der Waals surface area contributed by atoms with Gasteiger partial charge in [-0.2, -0.15) is 0 Å². The Morgan fingerprint density at radius 1 is 1.40 bits per heavy atom. The number of rotatable bonds is 0. The van der Waals surface area contributed by atoms with Crippen molar-refractivity contribution in [1.82, 2.24) is 14.4 Å². The van der Waals surface area contributed by atoms with Gasteiger partial charge in [0.2, 0.25) is 0 Å². The molecule has 4 nitrogen and oxygen atoms in total. The molecule has 0 aliphatic rings. The lowest BCUT2D eigenvalue weighted by Crippen LogP contribution is -1.82. The van der Waals surface area contributed by atoms with Crippen molar-refractivity contribution in [2.24, 2.45) is 0 Å². The number of hydrogen-bond donors (Lipinski definition) is 1. The van der Waals surface area contributed by atoms with Gasteiger partial charge in [0, 0.05) is 0 Å². The molecule has 1 N–H and O–H groups in total. The minimum atomic E-state index is 0.144. The lowest BCUT2D eigenvalue weighted by Gasteiger charge is -1.91. The Morgan fingerprint density at radius 3 is 3.20 bits per heavy atom. The summed E-state index contributed by atoms with van der Waals surface area (Å²) in [5, 5.41) is 8.94. The van der Waals surface area contributed by atoms with Gasteiger partial charge in [0.15, 0.2) is 11.4 Å². The molecule has 2 rings (SSSR count). The summed E-state index contributed by atoms with van der Waals surface area (Å²) >= 11 is 0. The Balaban J connectivity index is 2.86. The quantitative estimate of drug-likeness (QED) is 0.570. The summed E-state index contributed by atoms with van der Waals surface area (Å²) in [4.78, 5) is 7.72. The van der Waals surface area contributed by atoms with E-state index in [9.17, 15) is 0 Å². The molecule has 0 spiro atoms. The van der Waals surface area contributed by atoms with E-state index in [0.29, 0.717) is 0 Å². The second-order valence-corrected chi connectivity index (χ2v) is 1.97. The Hall–Kier alpha value is -1.58. The molecule has 2 heterocycles. The predicted molar refractivity (Wildman–Crippen MR) is 34.7 cm³/mol. The van der Waals surface area contributed by atoms with Gasteiger partial charge in [0.05, 0.1) is 18.6 Å². The third-order valence-corrected chi connectivity index (χ3v) is 1.25. The van der Waals surface area contributed by atoms with Crippen LogP contribution in [0.3, 0.4) is 0 Å². The summed E-state index contributed by atoms with van der Waals surface area (Å²) in [5.41, 5.74) is 0.734. The molecule has 0 saturated heterocycles. The second kappa shape index (κ2) is 1.70. The molecule has 0 saturated carbocycles. The predicted octanol–water partition coefficient (Wildman–Crippen LogP) is 0.435. The largest absolute Gasteiger partial charge is 0.505 e. The molecule has 0 amide bonds. The van der Waals surface area contributed by atoms with Gasteiger partial charge in [-0.3, -0.25) is 4.40 Å². The maximum absolute atomic E-state index is 8.94. The molecule has 4 heteroatoms. The van der Waals surface area contributed by atoms with Gasteiger partial charge in [-0.05, 0) is 0 Å². The van der Waals surface area contributed by atoms with E-state index in [1.165, 1.54) is 6.20 Å². The SMILES string of the molecule is Oc1cnc2cncn2c1. The first-order valence-corrected chi connectivity index (χ1v) is 2.83. The minimum Gasteiger partial charge on any atom is -0.505 e. The standard InChI is InChI=1S/C6H5N3O/c10-5-1-8-6-2-7-4-9(6)3-5/h1-4,10H. The topological polar surface area (TPSA) is 50.4 Å². The molecule has 10 heavy (non-hydrogen) atoms. The fourth-order valence-electron chi connectivity index (χ4n) is 0.805. The van der Waals surface area contributed by atoms with Crippen LogP contribution < -0.4 is 0 Å². The van der Waals surface area contributed by atoms with E-state index in [2.05, 4.69) is 9.97 Å². The van der Waals surface area contributed by atoms with E-state index in [0.717, 1.165) is 5.65 Å². The number of aromatic hydroxyl groups is 1. The number of nitrogens with zero attached hydrogens (tertiary/aromatic N) is 3. The molecule has 0 aliphatic carbocycles. The molecule has 0 fully saturated rings. The zero-order chi connectivity index (χ0) is 6.97. The summed E-state index contributed by atoms with van der Waals surface area (Å²) in [5.74, 6) is 0.144. The number of aromatic nitrogens is 3. The fourth-order valence-corrected chi connectivity index (χ4v) is 0.805. The Kier molecular flexibility index (Phi) is 0.887. The molecule has 0 aliphatic heterocycles. The van der Waals surface area contributed by atoms with Crippen LogP contribution in [0.25, 0.3) is 5.65 Å². The highest BCUT2D eigenvalue weighted by Gasteiger charge is 1.92. The number of imidazole rings is 1. The Labute approximate surface area is 56.8 Å². The maximum Gasteiger partial charge on any atom is 0.156 e. The zero-order valence-corrected chi connectivity index (χ0v) is 5.10. The van der Waals surface area contributed by atoms with Gasteiger partial charge in [-0.15, -0.1) is 0 Å². The van der Waals surface area contributed by atoms with Crippen LogP contribution in [0.1, 0.15) is 0 Å². The third-order valence-electron chi connectivity index (χ3n) is 1.25. The number of fused-ring (bicyclic) bond motifs is 1. The van der Waals surface area contributed by atoms with Crippen LogP contribution in [-0.2, 0) is 0 Å². The summed E-state index contributed by atoms with van der Waals surface area (Å²) in [6, 6.07) is 0. The molecule has 2 aromatic rings. The summed E-state index contributed by atoms with van der Waals surface area (Å²) in [6.45, 7) is 0. The smallest absolute Gasteiger partial charge is 0.156 e. The molecule has 0 unspecified atom stereocenters. The van der Waals surface area contributed by atoms with Crippen molar-refractivity contribution in [2.45, 2.75) is 0 Å². The van der Waals surface area contributed by atoms with E-state index >= 15 is 0 Å². The summed E-state index contributed by atoms with van der Waals surface area (Å²) < 4.78 is 1.65. The van der Waals surface area contributed by atoms with Crippen molar-refractivity contribution in [3.8, 4) is 5.75 Å². The van der Waals surface area contributed by atoms with E-state index in [1.807, 2.05) is 0 Å².